The minimum Gasteiger partial charge on any atom is -0.467 e. The van der Waals surface area contributed by atoms with Crippen LogP contribution in [-0.4, -0.2) is 39.9 Å². The van der Waals surface area contributed by atoms with Crippen LogP contribution in [0.2, 0.25) is 25.7 Å². The third kappa shape index (κ3) is 7.28. The highest BCUT2D eigenvalue weighted by Gasteiger charge is 2.18. The molecule has 1 amide bonds. The topological polar surface area (TPSA) is 64.6 Å². The molecule has 5 nitrogen and oxygen atoms in total. The Morgan fingerprint density at radius 2 is 1.88 bits per heavy atom. The monoisotopic (exact) mass is 247 g/mol. The van der Waals surface area contributed by atoms with Crippen LogP contribution in [-0.2, 0) is 14.3 Å². The van der Waals surface area contributed by atoms with E-state index >= 15 is 0 Å². The fraction of sp³-hybridized carbons (Fsp3) is 0.800. The van der Waals surface area contributed by atoms with Gasteiger partial charge < -0.3 is 14.8 Å². The van der Waals surface area contributed by atoms with Crippen molar-refractivity contribution in [2.75, 3.05) is 13.7 Å². The van der Waals surface area contributed by atoms with Crippen LogP contribution >= 0.6 is 0 Å². The molecule has 6 heteroatoms. The van der Waals surface area contributed by atoms with Gasteiger partial charge in [-0.05, 0) is 13.0 Å². The van der Waals surface area contributed by atoms with E-state index in [1.807, 2.05) is 0 Å². The van der Waals surface area contributed by atoms with E-state index in [4.69, 9.17) is 4.74 Å². The molecule has 0 saturated heterocycles. The van der Waals surface area contributed by atoms with E-state index in [0.717, 1.165) is 6.04 Å². The van der Waals surface area contributed by atoms with Gasteiger partial charge in [-0.25, -0.2) is 9.59 Å². The Morgan fingerprint density at radius 1 is 1.31 bits per heavy atom. The van der Waals surface area contributed by atoms with E-state index < -0.39 is 26.2 Å². The average Bonchev–Trinajstić information content (AvgIpc) is 2.14. The zero-order valence-electron chi connectivity index (χ0n) is 10.6. The number of carbonyl (C=O) groups is 2. The molecule has 0 saturated carbocycles. The molecule has 1 atom stereocenters. The first-order valence-corrected chi connectivity index (χ1v) is 8.98. The number of esters is 1. The molecule has 0 unspecified atom stereocenters. The summed E-state index contributed by atoms with van der Waals surface area (Å²) in [6, 6.07) is 0.233. The number of hydrogen-bond acceptors (Lipinski definition) is 4. The molecule has 0 aromatic rings. The summed E-state index contributed by atoms with van der Waals surface area (Å²) in [6.45, 7) is 8.54. The van der Waals surface area contributed by atoms with Crippen molar-refractivity contribution >= 4 is 20.1 Å². The van der Waals surface area contributed by atoms with Gasteiger partial charge in [-0.15, -0.1) is 0 Å². The molecule has 0 bridgehead atoms. The van der Waals surface area contributed by atoms with Crippen LogP contribution in [0.25, 0.3) is 0 Å². The largest absolute Gasteiger partial charge is 0.467 e. The van der Waals surface area contributed by atoms with Crippen molar-refractivity contribution in [1.82, 2.24) is 5.32 Å². The second-order valence-corrected chi connectivity index (χ2v) is 10.5. The van der Waals surface area contributed by atoms with Crippen molar-refractivity contribution in [2.45, 2.75) is 38.7 Å². The van der Waals surface area contributed by atoms with Gasteiger partial charge in [0.1, 0.15) is 6.04 Å². The third-order valence-corrected chi connectivity index (χ3v) is 3.68. The van der Waals surface area contributed by atoms with Crippen LogP contribution in [0.4, 0.5) is 4.79 Å². The highest BCUT2D eigenvalue weighted by atomic mass is 28.3. The number of methoxy groups -OCH3 is 1. The lowest BCUT2D eigenvalue weighted by Crippen LogP contribution is -2.39. The van der Waals surface area contributed by atoms with Gasteiger partial charge in [-0.3, -0.25) is 0 Å². The predicted octanol–water partition coefficient (Wildman–Crippen LogP) is 1.61. The predicted molar refractivity (Wildman–Crippen MR) is 64.1 cm³/mol. The Bertz CT molecular complexity index is 250. The molecule has 0 aliphatic heterocycles. The Hall–Kier alpha value is -1.04. The molecule has 0 aromatic heterocycles. The normalized spacial score (nSPS) is 12.8. The molecular formula is C10H21NO4Si. The first kappa shape index (κ1) is 15.0. The van der Waals surface area contributed by atoms with Crippen molar-refractivity contribution in [3.8, 4) is 0 Å². The summed E-state index contributed by atoms with van der Waals surface area (Å²) >= 11 is 0. The van der Waals surface area contributed by atoms with Gasteiger partial charge in [0.2, 0.25) is 0 Å². The maximum absolute atomic E-state index is 11.2. The lowest BCUT2D eigenvalue weighted by molar-refractivity contribution is -0.142. The molecule has 0 aliphatic rings. The maximum atomic E-state index is 11.2. The van der Waals surface area contributed by atoms with Crippen LogP contribution in [0.3, 0.4) is 0 Å². The minimum atomic E-state index is -1.19. The molecule has 0 radical (unpaired) electrons. The van der Waals surface area contributed by atoms with Crippen LogP contribution in [0.15, 0.2) is 0 Å². The van der Waals surface area contributed by atoms with E-state index in [1.165, 1.54) is 7.11 Å². The van der Waals surface area contributed by atoms with Crippen molar-refractivity contribution in [3.05, 3.63) is 0 Å². The zero-order valence-corrected chi connectivity index (χ0v) is 11.6. The summed E-state index contributed by atoms with van der Waals surface area (Å²) in [4.78, 5) is 22.2. The molecule has 1 N–H and O–H groups in total. The molecular weight excluding hydrogens is 226 g/mol. The number of alkyl carbamates (subject to hydrolysis) is 1. The van der Waals surface area contributed by atoms with Gasteiger partial charge in [0, 0.05) is 8.07 Å². The SMILES string of the molecule is COC(=O)[C@H](C)NC(=O)OCC[Si](C)(C)C. The van der Waals surface area contributed by atoms with E-state index in [-0.39, 0.29) is 0 Å². The first-order valence-electron chi connectivity index (χ1n) is 5.27. The summed E-state index contributed by atoms with van der Waals surface area (Å²) in [7, 11) is 0.0855. The molecule has 0 rings (SSSR count). The molecule has 0 fully saturated rings. The summed E-state index contributed by atoms with van der Waals surface area (Å²) in [5.41, 5.74) is 0. The van der Waals surface area contributed by atoms with Crippen molar-refractivity contribution in [1.29, 1.82) is 0 Å². The zero-order chi connectivity index (χ0) is 12.8. The van der Waals surface area contributed by atoms with Crippen LogP contribution in [0.5, 0.6) is 0 Å². The molecule has 0 aromatic carbocycles. The van der Waals surface area contributed by atoms with Crippen molar-refractivity contribution in [3.63, 3.8) is 0 Å². The minimum absolute atomic E-state index is 0.398. The highest BCUT2D eigenvalue weighted by molar-refractivity contribution is 6.76. The Labute approximate surface area is 97.5 Å². The average molecular weight is 247 g/mol. The number of ether oxygens (including phenoxy) is 2. The molecule has 94 valence electrons. The van der Waals surface area contributed by atoms with E-state index in [0.29, 0.717) is 6.61 Å². The Balaban J connectivity index is 3.79. The lowest BCUT2D eigenvalue weighted by Gasteiger charge is -2.16. The standard InChI is InChI=1S/C10H21NO4Si/c1-8(9(12)14-2)11-10(13)15-6-7-16(3,4)5/h8H,6-7H2,1-5H3,(H,11,13)/t8-/m0/s1. The second-order valence-electron chi connectivity index (χ2n) is 4.84. The van der Waals surface area contributed by atoms with Gasteiger partial charge in [-0.2, -0.15) is 0 Å². The van der Waals surface area contributed by atoms with Crippen molar-refractivity contribution in [2.24, 2.45) is 0 Å². The Kier molecular flexibility index (Phi) is 6.10. The number of carbonyl (C=O) groups excluding carboxylic acids is 2. The summed E-state index contributed by atoms with van der Waals surface area (Å²) in [6.07, 6.45) is -0.573. The number of amides is 1. The van der Waals surface area contributed by atoms with Gasteiger partial charge in [0.25, 0.3) is 0 Å². The van der Waals surface area contributed by atoms with Gasteiger partial charge in [0.15, 0.2) is 0 Å². The van der Waals surface area contributed by atoms with Gasteiger partial charge >= 0.3 is 12.1 Å². The van der Waals surface area contributed by atoms with E-state index in [1.54, 1.807) is 6.92 Å². The fourth-order valence-electron chi connectivity index (χ4n) is 0.904. The second kappa shape index (κ2) is 6.52. The Morgan fingerprint density at radius 3 is 2.31 bits per heavy atom. The van der Waals surface area contributed by atoms with Crippen LogP contribution < -0.4 is 5.32 Å². The molecule has 0 spiro atoms. The number of nitrogens with one attached hydrogen (secondary N) is 1. The molecule has 0 aliphatic carbocycles. The van der Waals surface area contributed by atoms with E-state index in [9.17, 15) is 9.59 Å². The van der Waals surface area contributed by atoms with Crippen molar-refractivity contribution < 1.29 is 19.1 Å². The van der Waals surface area contributed by atoms with Gasteiger partial charge in [0.05, 0.1) is 13.7 Å². The fourth-order valence-corrected chi connectivity index (χ4v) is 1.62. The van der Waals surface area contributed by atoms with Crippen LogP contribution in [0.1, 0.15) is 6.92 Å². The summed E-state index contributed by atoms with van der Waals surface area (Å²) < 4.78 is 9.43. The molecule has 0 heterocycles. The first-order chi connectivity index (χ1) is 7.26. The summed E-state index contributed by atoms with van der Waals surface area (Å²) in [5, 5.41) is 2.40. The number of rotatable bonds is 5. The van der Waals surface area contributed by atoms with E-state index in [2.05, 4.69) is 29.7 Å². The quantitative estimate of drug-likeness (QED) is 0.592. The van der Waals surface area contributed by atoms with Gasteiger partial charge in [-0.1, -0.05) is 19.6 Å². The molecule has 16 heavy (non-hydrogen) atoms. The summed E-state index contributed by atoms with van der Waals surface area (Å²) in [5.74, 6) is -0.484. The van der Waals surface area contributed by atoms with Crippen LogP contribution in [0, 0.1) is 0 Å². The number of hydrogen-bond donors (Lipinski definition) is 1. The third-order valence-electron chi connectivity index (χ3n) is 1.97. The smallest absolute Gasteiger partial charge is 0.407 e. The highest BCUT2D eigenvalue weighted by Crippen LogP contribution is 2.07. The maximum Gasteiger partial charge on any atom is 0.407 e. The lowest BCUT2D eigenvalue weighted by atomic mass is 10.3.